The maximum absolute atomic E-state index is 12.0. The zero-order chi connectivity index (χ0) is 16.5. The quantitative estimate of drug-likeness (QED) is 0.892. The molecule has 1 unspecified atom stereocenters. The summed E-state index contributed by atoms with van der Waals surface area (Å²) in [5.74, 6) is -0.681. The maximum Gasteiger partial charge on any atom is 0.408 e. The van der Waals surface area contributed by atoms with Crippen molar-refractivity contribution in [2.24, 2.45) is 5.92 Å². The molecule has 1 saturated carbocycles. The van der Waals surface area contributed by atoms with Gasteiger partial charge in [0.15, 0.2) is 0 Å². The zero-order valence-corrected chi connectivity index (χ0v) is 13.3. The molecule has 6 nitrogen and oxygen atoms in total. The van der Waals surface area contributed by atoms with Crippen molar-refractivity contribution in [3.05, 3.63) is 29.1 Å². The molecule has 0 aromatic carbocycles. The number of alkyl carbamates (subject to hydrolysis) is 1. The first-order chi connectivity index (χ1) is 10.2. The normalized spacial score (nSPS) is 16.0. The lowest BCUT2D eigenvalue weighted by Crippen LogP contribution is -2.36. The van der Waals surface area contributed by atoms with E-state index in [1.807, 2.05) is 20.8 Å². The highest BCUT2D eigenvalue weighted by Crippen LogP contribution is 2.41. The van der Waals surface area contributed by atoms with E-state index in [-0.39, 0.29) is 11.6 Å². The second kappa shape index (κ2) is 5.94. The lowest BCUT2D eigenvalue weighted by Gasteiger charge is -2.24. The first-order valence-electron chi connectivity index (χ1n) is 7.37. The number of carbonyl (C=O) groups excluding carboxylic acids is 1. The summed E-state index contributed by atoms with van der Waals surface area (Å²) in [6.07, 6.45) is 2.88. The fourth-order valence-electron chi connectivity index (χ4n) is 2.30. The molecular formula is C16H22N2O4. The minimum Gasteiger partial charge on any atom is -0.478 e. The van der Waals surface area contributed by atoms with E-state index in [0.717, 1.165) is 18.4 Å². The average molecular weight is 306 g/mol. The molecule has 1 fully saturated rings. The summed E-state index contributed by atoms with van der Waals surface area (Å²) >= 11 is 0. The summed E-state index contributed by atoms with van der Waals surface area (Å²) in [5, 5.41) is 11.9. The molecule has 0 spiro atoms. The Hall–Kier alpha value is -2.11. The van der Waals surface area contributed by atoms with E-state index >= 15 is 0 Å². The summed E-state index contributed by atoms with van der Waals surface area (Å²) in [6, 6.07) is 1.34. The fraction of sp³-hybridized carbons (Fsp3) is 0.562. The number of ether oxygens (including phenoxy) is 1. The molecular weight excluding hydrogens is 284 g/mol. The Balaban J connectivity index is 2.18. The van der Waals surface area contributed by atoms with Gasteiger partial charge in [0.25, 0.3) is 0 Å². The monoisotopic (exact) mass is 306 g/mol. The molecule has 0 saturated heterocycles. The second-order valence-corrected chi connectivity index (χ2v) is 6.69. The number of carbonyl (C=O) groups is 2. The van der Waals surface area contributed by atoms with Crippen molar-refractivity contribution < 1.29 is 19.4 Å². The maximum atomic E-state index is 12.0. The van der Waals surface area contributed by atoms with Gasteiger partial charge in [-0.1, -0.05) is 0 Å². The molecule has 0 bridgehead atoms. The van der Waals surface area contributed by atoms with Gasteiger partial charge in [-0.25, -0.2) is 9.59 Å². The van der Waals surface area contributed by atoms with E-state index in [0.29, 0.717) is 11.6 Å². The molecule has 1 aromatic rings. The molecule has 1 heterocycles. The summed E-state index contributed by atoms with van der Waals surface area (Å²) in [6.45, 7) is 7.23. The molecule has 1 aliphatic rings. The first kappa shape index (κ1) is 16.3. The Labute approximate surface area is 129 Å². The predicted molar refractivity (Wildman–Crippen MR) is 80.8 cm³/mol. The van der Waals surface area contributed by atoms with Crippen molar-refractivity contribution in [3.8, 4) is 0 Å². The van der Waals surface area contributed by atoms with Crippen LogP contribution in [0.4, 0.5) is 4.79 Å². The average Bonchev–Trinajstić information content (AvgIpc) is 3.18. The highest BCUT2D eigenvalue weighted by molar-refractivity contribution is 5.87. The number of aryl methyl sites for hydroxylation is 1. The Morgan fingerprint density at radius 3 is 2.50 bits per heavy atom. The third-order valence-electron chi connectivity index (χ3n) is 3.43. The lowest BCUT2D eigenvalue weighted by molar-refractivity contribution is 0.0494. The fourth-order valence-corrected chi connectivity index (χ4v) is 2.30. The minimum atomic E-state index is -1.01. The number of aromatic nitrogens is 1. The predicted octanol–water partition coefficient (Wildman–Crippen LogP) is 3.06. The first-order valence-corrected chi connectivity index (χ1v) is 7.37. The van der Waals surface area contributed by atoms with E-state index < -0.39 is 17.7 Å². The van der Waals surface area contributed by atoms with Crippen molar-refractivity contribution in [2.45, 2.75) is 52.2 Å². The SMILES string of the molecule is Cc1cc(C(=O)O)cnc1C(NC(=O)OC(C)(C)C)C1CC1. The third-order valence-corrected chi connectivity index (χ3v) is 3.43. The topological polar surface area (TPSA) is 88.5 Å². The van der Waals surface area contributed by atoms with E-state index in [2.05, 4.69) is 10.3 Å². The van der Waals surface area contributed by atoms with Gasteiger partial charge < -0.3 is 15.2 Å². The third kappa shape index (κ3) is 4.19. The highest BCUT2D eigenvalue weighted by Gasteiger charge is 2.36. The van der Waals surface area contributed by atoms with Crippen molar-refractivity contribution in [1.29, 1.82) is 0 Å². The summed E-state index contributed by atoms with van der Waals surface area (Å²) in [4.78, 5) is 27.3. The van der Waals surface area contributed by atoms with Crippen LogP contribution in [-0.2, 0) is 4.74 Å². The number of carboxylic acids is 1. The van der Waals surface area contributed by atoms with Crippen LogP contribution in [0.1, 0.15) is 61.3 Å². The smallest absolute Gasteiger partial charge is 0.408 e. The number of hydrogen-bond donors (Lipinski definition) is 2. The molecule has 1 amide bonds. The Morgan fingerprint density at radius 2 is 2.05 bits per heavy atom. The van der Waals surface area contributed by atoms with Crippen molar-refractivity contribution >= 4 is 12.1 Å². The van der Waals surface area contributed by atoms with Crippen LogP contribution in [0.5, 0.6) is 0 Å². The van der Waals surface area contributed by atoms with Crippen molar-refractivity contribution in [2.75, 3.05) is 0 Å². The van der Waals surface area contributed by atoms with Crippen LogP contribution in [0, 0.1) is 12.8 Å². The van der Waals surface area contributed by atoms with Gasteiger partial charge in [-0.05, 0) is 58.1 Å². The molecule has 1 atom stereocenters. The molecule has 2 N–H and O–H groups in total. The molecule has 1 aromatic heterocycles. The van der Waals surface area contributed by atoms with Crippen LogP contribution in [0.25, 0.3) is 0 Å². The van der Waals surface area contributed by atoms with Crippen LogP contribution in [0.2, 0.25) is 0 Å². The standard InChI is InChI=1S/C16H22N2O4/c1-9-7-11(14(19)20)8-17-12(9)13(10-5-6-10)18-15(21)22-16(2,3)4/h7-8,10,13H,5-6H2,1-4H3,(H,18,21)(H,19,20). The number of nitrogens with one attached hydrogen (secondary N) is 1. The number of nitrogens with zero attached hydrogens (tertiary/aromatic N) is 1. The van der Waals surface area contributed by atoms with Crippen molar-refractivity contribution in [1.82, 2.24) is 10.3 Å². The van der Waals surface area contributed by atoms with Crippen LogP contribution >= 0.6 is 0 Å². The number of rotatable bonds is 4. The van der Waals surface area contributed by atoms with Crippen LogP contribution in [0.15, 0.2) is 12.3 Å². The van der Waals surface area contributed by atoms with Gasteiger partial charge >= 0.3 is 12.1 Å². The highest BCUT2D eigenvalue weighted by atomic mass is 16.6. The summed E-state index contributed by atoms with van der Waals surface area (Å²) in [7, 11) is 0. The van der Waals surface area contributed by atoms with Crippen molar-refractivity contribution in [3.63, 3.8) is 0 Å². The lowest BCUT2D eigenvalue weighted by atomic mass is 10.0. The molecule has 120 valence electrons. The molecule has 0 radical (unpaired) electrons. The van der Waals surface area contributed by atoms with Gasteiger partial charge in [-0.15, -0.1) is 0 Å². The number of hydrogen-bond acceptors (Lipinski definition) is 4. The molecule has 22 heavy (non-hydrogen) atoms. The van der Waals surface area contributed by atoms with Crippen LogP contribution in [0.3, 0.4) is 0 Å². The number of aromatic carboxylic acids is 1. The Kier molecular flexibility index (Phi) is 4.39. The van der Waals surface area contributed by atoms with Gasteiger partial charge in [-0.3, -0.25) is 4.98 Å². The largest absolute Gasteiger partial charge is 0.478 e. The van der Waals surface area contributed by atoms with Gasteiger partial charge in [0, 0.05) is 6.20 Å². The van der Waals surface area contributed by atoms with E-state index in [1.54, 1.807) is 13.0 Å². The zero-order valence-electron chi connectivity index (χ0n) is 13.3. The van der Waals surface area contributed by atoms with E-state index in [4.69, 9.17) is 9.84 Å². The Morgan fingerprint density at radius 1 is 1.41 bits per heavy atom. The van der Waals surface area contributed by atoms with E-state index in [1.165, 1.54) is 6.20 Å². The number of amides is 1. The summed E-state index contributed by atoms with van der Waals surface area (Å²) < 4.78 is 5.30. The van der Waals surface area contributed by atoms with Crippen LogP contribution in [-0.4, -0.2) is 27.8 Å². The minimum absolute atomic E-state index is 0.146. The molecule has 6 heteroatoms. The summed E-state index contributed by atoms with van der Waals surface area (Å²) in [5.41, 5.74) is 1.05. The van der Waals surface area contributed by atoms with Gasteiger partial charge in [-0.2, -0.15) is 0 Å². The molecule has 1 aliphatic carbocycles. The second-order valence-electron chi connectivity index (χ2n) is 6.69. The van der Waals surface area contributed by atoms with Gasteiger partial charge in [0.1, 0.15) is 5.60 Å². The van der Waals surface area contributed by atoms with Gasteiger partial charge in [0.2, 0.25) is 0 Å². The van der Waals surface area contributed by atoms with Gasteiger partial charge in [0.05, 0.1) is 17.3 Å². The Bertz CT molecular complexity index is 588. The number of carboxylic acid groups (broad SMARTS) is 1. The van der Waals surface area contributed by atoms with Crippen LogP contribution < -0.4 is 5.32 Å². The molecule has 0 aliphatic heterocycles. The number of pyridine rings is 1. The molecule has 2 rings (SSSR count). The van der Waals surface area contributed by atoms with E-state index in [9.17, 15) is 9.59 Å².